The van der Waals surface area contributed by atoms with Crippen LogP contribution in [0.4, 0.5) is 0 Å². The summed E-state index contributed by atoms with van der Waals surface area (Å²) >= 11 is 5.97. The third kappa shape index (κ3) is 3.43. The molecule has 1 N–H and O–H groups in total. The van der Waals surface area contributed by atoms with Crippen molar-refractivity contribution in [3.8, 4) is 11.3 Å². The number of carbonyl (C=O) groups is 2. The molecule has 3 heterocycles. The standard InChI is InChI=1S/C21H19ClN4O2/c1-13-10-14(11-24-19(13)22)17-12-23-18(25-17)8-4-5-9-26-20(27)15-6-2-3-7-16(15)21(26)28/h2-3,6-7,10-12H,4-5,8-9H2,1H3,(H,23,25). The third-order valence-electron chi connectivity index (χ3n) is 4.86. The highest BCUT2D eigenvalue weighted by molar-refractivity contribution is 6.30. The third-order valence-corrected chi connectivity index (χ3v) is 5.26. The molecule has 2 amide bonds. The van der Waals surface area contributed by atoms with Crippen molar-refractivity contribution in [1.29, 1.82) is 0 Å². The zero-order valence-electron chi connectivity index (χ0n) is 15.4. The largest absolute Gasteiger partial charge is 0.348 e. The maximum absolute atomic E-state index is 12.4. The Bertz CT molecular complexity index is 1030. The van der Waals surface area contributed by atoms with Crippen molar-refractivity contribution < 1.29 is 9.59 Å². The summed E-state index contributed by atoms with van der Waals surface area (Å²) < 4.78 is 0. The lowest BCUT2D eigenvalue weighted by Crippen LogP contribution is -2.30. The van der Waals surface area contributed by atoms with E-state index >= 15 is 0 Å². The van der Waals surface area contributed by atoms with Crippen molar-refractivity contribution in [2.45, 2.75) is 26.2 Å². The van der Waals surface area contributed by atoms with Crippen LogP contribution in [-0.4, -0.2) is 38.2 Å². The van der Waals surface area contributed by atoms with Gasteiger partial charge in [0.1, 0.15) is 11.0 Å². The molecule has 4 rings (SSSR count). The fourth-order valence-corrected chi connectivity index (χ4v) is 3.44. The van der Waals surface area contributed by atoms with Gasteiger partial charge < -0.3 is 4.98 Å². The molecule has 0 aliphatic carbocycles. The van der Waals surface area contributed by atoms with E-state index in [1.807, 2.05) is 19.2 Å². The number of aromatic nitrogens is 3. The van der Waals surface area contributed by atoms with Crippen LogP contribution >= 0.6 is 11.6 Å². The minimum absolute atomic E-state index is 0.202. The number of carbonyl (C=O) groups excluding carboxylic acids is 2. The van der Waals surface area contributed by atoms with E-state index in [4.69, 9.17) is 11.6 Å². The van der Waals surface area contributed by atoms with Crippen LogP contribution in [0.5, 0.6) is 0 Å². The van der Waals surface area contributed by atoms with Crippen molar-refractivity contribution in [2.75, 3.05) is 6.54 Å². The van der Waals surface area contributed by atoms with Gasteiger partial charge in [0, 0.05) is 30.9 Å². The summed E-state index contributed by atoms with van der Waals surface area (Å²) in [5.41, 5.74) is 3.63. The van der Waals surface area contributed by atoms with Gasteiger partial charge in [-0.05, 0) is 43.5 Å². The lowest BCUT2D eigenvalue weighted by Gasteiger charge is -2.13. The Kier molecular flexibility index (Phi) is 4.96. The number of unbranched alkanes of at least 4 members (excludes halogenated alkanes) is 1. The molecule has 7 heteroatoms. The van der Waals surface area contributed by atoms with Crippen molar-refractivity contribution in [3.63, 3.8) is 0 Å². The van der Waals surface area contributed by atoms with Crippen LogP contribution in [0.2, 0.25) is 5.15 Å². The van der Waals surface area contributed by atoms with Gasteiger partial charge in [-0.15, -0.1) is 0 Å². The van der Waals surface area contributed by atoms with Crippen LogP contribution < -0.4 is 0 Å². The number of pyridine rings is 1. The molecule has 6 nitrogen and oxygen atoms in total. The first-order chi connectivity index (χ1) is 13.5. The molecule has 1 aliphatic heterocycles. The number of nitrogens with zero attached hydrogens (tertiary/aromatic N) is 3. The summed E-state index contributed by atoms with van der Waals surface area (Å²) in [5.74, 6) is 0.461. The zero-order valence-corrected chi connectivity index (χ0v) is 16.2. The van der Waals surface area contributed by atoms with Crippen LogP contribution in [-0.2, 0) is 6.42 Å². The van der Waals surface area contributed by atoms with Gasteiger partial charge in [0.2, 0.25) is 0 Å². The van der Waals surface area contributed by atoms with Gasteiger partial charge in [-0.25, -0.2) is 9.97 Å². The van der Waals surface area contributed by atoms with Gasteiger partial charge in [0.05, 0.1) is 16.8 Å². The Morgan fingerprint density at radius 2 is 1.82 bits per heavy atom. The number of imidazole rings is 1. The number of benzene rings is 1. The number of H-pyrrole nitrogens is 1. The fraction of sp³-hybridized carbons (Fsp3) is 0.238. The van der Waals surface area contributed by atoms with Gasteiger partial charge in [0.25, 0.3) is 11.8 Å². The molecule has 0 unspecified atom stereocenters. The van der Waals surface area contributed by atoms with Gasteiger partial charge in [-0.2, -0.15) is 0 Å². The summed E-state index contributed by atoms with van der Waals surface area (Å²) in [6.45, 7) is 2.33. The molecule has 28 heavy (non-hydrogen) atoms. The number of aromatic amines is 1. The smallest absolute Gasteiger partial charge is 0.261 e. The summed E-state index contributed by atoms with van der Waals surface area (Å²) in [5, 5.41) is 0.493. The molecule has 2 aromatic heterocycles. The van der Waals surface area contributed by atoms with Gasteiger partial charge in [-0.3, -0.25) is 14.5 Å². The summed E-state index contributed by atoms with van der Waals surface area (Å²) in [4.78, 5) is 38.0. The maximum Gasteiger partial charge on any atom is 0.261 e. The summed E-state index contributed by atoms with van der Waals surface area (Å²) in [6.07, 6.45) is 5.84. The minimum atomic E-state index is -0.202. The second-order valence-corrected chi connectivity index (χ2v) is 7.19. The number of aryl methyl sites for hydroxylation is 2. The Morgan fingerprint density at radius 3 is 2.50 bits per heavy atom. The number of amides is 2. The van der Waals surface area contributed by atoms with Crippen LogP contribution in [0.3, 0.4) is 0 Å². The molecule has 3 aromatic rings. The number of nitrogens with one attached hydrogen (secondary N) is 1. The number of halogens is 1. The molecule has 0 spiro atoms. The van der Waals surface area contributed by atoms with Gasteiger partial charge in [0.15, 0.2) is 0 Å². The quantitative estimate of drug-likeness (QED) is 0.388. The van der Waals surface area contributed by atoms with E-state index in [1.165, 1.54) is 4.90 Å². The number of hydrogen-bond donors (Lipinski definition) is 1. The highest BCUT2D eigenvalue weighted by Crippen LogP contribution is 2.23. The van der Waals surface area contributed by atoms with E-state index in [1.54, 1.807) is 30.5 Å². The molecule has 1 aromatic carbocycles. The molecule has 1 aliphatic rings. The van der Waals surface area contributed by atoms with E-state index in [0.717, 1.165) is 41.9 Å². The van der Waals surface area contributed by atoms with Crippen molar-refractivity contribution >= 4 is 23.4 Å². The first kappa shape index (κ1) is 18.4. The van der Waals surface area contributed by atoms with Crippen molar-refractivity contribution in [1.82, 2.24) is 19.9 Å². The molecule has 0 radical (unpaired) electrons. The Labute approximate surface area is 167 Å². The second-order valence-electron chi connectivity index (χ2n) is 6.83. The van der Waals surface area contributed by atoms with Gasteiger partial charge >= 0.3 is 0 Å². The number of fused-ring (bicyclic) bond motifs is 1. The molecular formula is C21H19ClN4O2. The average molecular weight is 395 g/mol. The number of imide groups is 1. The Hall–Kier alpha value is -2.99. The van der Waals surface area contributed by atoms with Crippen molar-refractivity contribution in [3.05, 3.63) is 70.4 Å². The van der Waals surface area contributed by atoms with E-state index in [-0.39, 0.29) is 11.8 Å². The second kappa shape index (κ2) is 7.56. The SMILES string of the molecule is Cc1cc(-c2c[nH]c(CCCCN3C(=O)c4ccccc4C3=O)n2)cnc1Cl. The van der Waals surface area contributed by atoms with Crippen LogP contribution in [0.25, 0.3) is 11.3 Å². The van der Waals surface area contributed by atoms with E-state index in [2.05, 4.69) is 15.0 Å². The maximum atomic E-state index is 12.4. The van der Waals surface area contributed by atoms with E-state index in [0.29, 0.717) is 22.8 Å². The first-order valence-corrected chi connectivity index (χ1v) is 9.54. The van der Waals surface area contributed by atoms with Gasteiger partial charge in [-0.1, -0.05) is 23.7 Å². The Balaban J connectivity index is 1.32. The molecule has 0 bridgehead atoms. The molecule has 142 valence electrons. The molecule has 0 saturated heterocycles. The monoisotopic (exact) mass is 394 g/mol. The summed E-state index contributed by atoms with van der Waals surface area (Å²) in [6, 6.07) is 8.91. The Morgan fingerprint density at radius 1 is 1.11 bits per heavy atom. The predicted molar refractivity (Wildman–Crippen MR) is 106 cm³/mol. The predicted octanol–water partition coefficient (Wildman–Crippen LogP) is 4.05. The van der Waals surface area contributed by atoms with E-state index in [9.17, 15) is 9.59 Å². The molecule has 0 fully saturated rings. The molecule has 0 saturated carbocycles. The minimum Gasteiger partial charge on any atom is -0.348 e. The number of hydrogen-bond acceptors (Lipinski definition) is 4. The lowest BCUT2D eigenvalue weighted by molar-refractivity contribution is 0.0652. The first-order valence-electron chi connectivity index (χ1n) is 9.16. The van der Waals surface area contributed by atoms with E-state index < -0.39 is 0 Å². The fourth-order valence-electron chi connectivity index (χ4n) is 3.34. The average Bonchev–Trinajstić information content (AvgIpc) is 3.26. The van der Waals surface area contributed by atoms with Crippen LogP contribution in [0.15, 0.2) is 42.7 Å². The number of rotatable bonds is 6. The van der Waals surface area contributed by atoms with Crippen molar-refractivity contribution in [2.24, 2.45) is 0 Å². The topological polar surface area (TPSA) is 79.0 Å². The zero-order chi connectivity index (χ0) is 19.7. The van der Waals surface area contributed by atoms with Crippen LogP contribution in [0.1, 0.15) is 44.9 Å². The normalized spacial score (nSPS) is 13.3. The molecular weight excluding hydrogens is 376 g/mol. The summed E-state index contributed by atoms with van der Waals surface area (Å²) in [7, 11) is 0. The molecule has 0 atom stereocenters. The lowest BCUT2D eigenvalue weighted by atomic mass is 10.1. The highest BCUT2D eigenvalue weighted by atomic mass is 35.5. The van der Waals surface area contributed by atoms with Crippen LogP contribution in [0, 0.1) is 6.92 Å². The highest BCUT2D eigenvalue weighted by Gasteiger charge is 2.34.